The number of carbonyl (C=O) groups excluding carboxylic acids is 3. The van der Waals surface area contributed by atoms with E-state index < -0.39 is 5.60 Å². The van der Waals surface area contributed by atoms with Gasteiger partial charge in [0.15, 0.2) is 0 Å². The number of piperazine rings is 1. The first-order valence-electron chi connectivity index (χ1n) is 10.5. The summed E-state index contributed by atoms with van der Waals surface area (Å²) in [5.74, 6) is -0.181. The van der Waals surface area contributed by atoms with Gasteiger partial charge in [0, 0.05) is 39.3 Å². The third-order valence-corrected chi connectivity index (χ3v) is 5.24. The molecule has 2 aliphatic heterocycles. The van der Waals surface area contributed by atoms with E-state index in [9.17, 15) is 14.4 Å². The Balaban J connectivity index is 1.42. The van der Waals surface area contributed by atoms with E-state index in [1.807, 2.05) is 51.1 Å². The molecule has 164 valence electrons. The number of benzene rings is 1. The predicted octanol–water partition coefficient (Wildman–Crippen LogP) is 2.72. The Hall–Kier alpha value is -2.77. The van der Waals surface area contributed by atoms with Crippen LogP contribution in [0.2, 0.25) is 0 Å². The molecule has 0 N–H and O–H groups in total. The van der Waals surface area contributed by atoms with Crippen LogP contribution in [-0.4, -0.2) is 77.7 Å². The van der Waals surface area contributed by atoms with Crippen LogP contribution in [0.5, 0.6) is 0 Å². The Morgan fingerprint density at radius 2 is 1.53 bits per heavy atom. The van der Waals surface area contributed by atoms with Crippen LogP contribution in [-0.2, 0) is 20.9 Å². The molecular weight excluding hydrogens is 386 g/mol. The maximum atomic E-state index is 12.9. The number of hydrogen-bond donors (Lipinski definition) is 0. The van der Waals surface area contributed by atoms with Crippen LogP contribution in [0.25, 0.3) is 0 Å². The summed E-state index contributed by atoms with van der Waals surface area (Å²) in [4.78, 5) is 42.4. The summed E-state index contributed by atoms with van der Waals surface area (Å²) in [7, 11) is 0. The molecule has 0 spiro atoms. The van der Waals surface area contributed by atoms with Gasteiger partial charge in [0.25, 0.3) is 0 Å². The molecule has 0 aromatic heterocycles. The van der Waals surface area contributed by atoms with E-state index in [0.29, 0.717) is 45.7 Å². The summed E-state index contributed by atoms with van der Waals surface area (Å²) in [6.07, 6.45) is -0.0994. The van der Waals surface area contributed by atoms with Crippen LogP contribution in [0.1, 0.15) is 32.8 Å². The summed E-state index contributed by atoms with van der Waals surface area (Å²) in [6, 6.07) is 9.52. The lowest BCUT2D eigenvalue weighted by Gasteiger charge is -2.36. The molecular formula is C22H31N3O5. The molecule has 3 amide bonds. The van der Waals surface area contributed by atoms with Crippen LogP contribution in [0.15, 0.2) is 30.3 Å². The van der Waals surface area contributed by atoms with Crippen molar-refractivity contribution in [1.82, 2.24) is 14.7 Å². The van der Waals surface area contributed by atoms with Crippen molar-refractivity contribution < 1.29 is 23.9 Å². The highest BCUT2D eigenvalue weighted by Crippen LogP contribution is 2.21. The lowest BCUT2D eigenvalue weighted by molar-refractivity contribution is -0.136. The summed E-state index contributed by atoms with van der Waals surface area (Å²) in [5.41, 5.74) is 0.396. The number of likely N-dealkylation sites (tertiary alicyclic amines) is 1. The van der Waals surface area contributed by atoms with Crippen molar-refractivity contribution in [3.63, 3.8) is 0 Å². The molecule has 0 unspecified atom stereocenters. The molecule has 0 saturated carbocycles. The first-order valence-corrected chi connectivity index (χ1v) is 10.5. The van der Waals surface area contributed by atoms with Gasteiger partial charge in [0.1, 0.15) is 12.2 Å². The van der Waals surface area contributed by atoms with Crippen molar-refractivity contribution in [3.05, 3.63) is 35.9 Å². The van der Waals surface area contributed by atoms with E-state index in [0.717, 1.165) is 5.56 Å². The van der Waals surface area contributed by atoms with Gasteiger partial charge < -0.3 is 24.2 Å². The number of hydrogen-bond acceptors (Lipinski definition) is 5. The normalized spacial score (nSPS) is 19.6. The van der Waals surface area contributed by atoms with E-state index in [1.165, 1.54) is 0 Å². The second-order valence-corrected chi connectivity index (χ2v) is 8.76. The predicted molar refractivity (Wildman–Crippen MR) is 111 cm³/mol. The van der Waals surface area contributed by atoms with Crippen LogP contribution < -0.4 is 0 Å². The van der Waals surface area contributed by atoms with E-state index >= 15 is 0 Å². The molecule has 8 heteroatoms. The van der Waals surface area contributed by atoms with Crippen LogP contribution in [0.3, 0.4) is 0 Å². The highest BCUT2D eigenvalue weighted by Gasteiger charge is 2.36. The third-order valence-electron chi connectivity index (χ3n) is 5.24. The monoisotopic (exact) mass is 417 g/mol. The fourth-order valence-corrected chi connectivity index (χ4v) is 3.63. The van der Waals surface area contributed by atoms with Gasteiger partial charge in [0.05, 0.1) is 5.92 Å². The fraction of sp³-hybridized carbons (Fsp3) is 0.591. The molecule has 30 heavy (non-hydrogen) atoms. The highest BCUT2D eigenvalue weighted by molar-refractivity contribution is 5.81. The molecule has 2 heterocycles. The summed E-state index contributed by atoms with van der Waals surface area (Å²) in [6.45, 7) is 8.48. The molecule has 2 saturated heterocycles. The third kappa shape index (κ3) is 5.87. The van der Waals surface area contributed by atoms with E-state index in [-0.39, 0.29) is 30.6 Å². The van der Waals surface area contributed by atoms with Gasteiger partial charge in [-0.3, -0.25) is 4.79 Å². The molecule has 2 aliphatic rings. The Bertz CT molecular complexity index is 754. The average Bonchev–Trinajstić information content (AvgIpc) is 3.21. The second kappa shape index (κ2) is 9.36. The van der Waals surface area contributed by atoms with Gasteiger partial charge in [0.2, 0.25) is 5.91 Å². The van der Waals surface area contributed by atoms with Gasteiger partial charge in [-0.05, 0) is 32.8 Å². The standard InChI is InChI=1S/C22H31N3O5/c1-22(2,3)30-21(28)24-13-11-23(12-14-24)19(26)18-9-10-25(15-18)20(27)29-16-17-7-5-4-6-8-17/h4-8,18H,9-16H2,1-3H3/t18-/m0/s1. The van der Waals surface area contributed by atoms with E-state index in [2.05, 4.69) is 0 Å². The lowest BCUT2D eigenvalue weighted by Crippen LogP contribution is -2.53. The summed E-state index contributed by atoms with van der Waals surface area (Å²) >= 11 is 0. The molecule has 0 aliphatic carbocycles. The Labute approximate surface area is 177 Å². The minimum atomic E-state index is -0.535. The van der Waals surface area contributed by atoms with Crippen molar-refractivity contribution in [2.24, 2.45) is 5.92 Å². The minimum absolute atomic E-state index is 0.0391. The van der Waals surface area contributed by atoms with Crippen molar-refractivity contribution in [2.45, 2.75) is 39.4 Å². The fourth-order valence-electron chi connectivity index (χ4n) is 3.63. The zero-order valence-corrected chi connectivity index (χ0v) is 18.0. The molecule has 1 aromatic rings. The van der Waals surface area contributed by atoms with Gasteiger partial charge in [-0.2, -0.15) is 0 Å². The average molecular weight is 418 g/mol. The first-order chi connectivity index (χ1) is 14.2. The number of carbonyl (C=O) groups is 3. The SMILES string of the molecule is CC(C)(C)OC(=O)N1CCN(C(=O)[C@H]2CCN(C(=O)OCc3ccccc3)C2)CC1. The van der Waals surface area contributed by atoms with Crippen molar-refractivity contribution in [1.29, 1.82) is 0 Å². The number of rotatable bonds is 3. The zero-order chi connectivity index (χ0) is 21.7. The maximum Gasteiger partial charge on any atom is 0.410 e. The van der Waals surface area contributed by atoms with Gasteiger partial charge in [-0.15, -0.1) is 0 Å². The molecule has 2 fully saturated rings. The smallest absolute Gasteiger partial charge is 0.410 e. The molecule has 0 bridgehead atoms. The van der Waals surface area contributed by atoms with Gasteiger partial charge >= 0.3 is 12.2 Å². The molecule has 1 atom stereocenters. The van der Waals surface area contributed by atoms with Crippen molar-refractivity contribution in [2.75, 3.05) is 39.3 Å². The minimum Gasteiger partial charge on any atom is -0.445 e. The quantitative estimate of drug-likeness (QED) is 0.756. The number of amides is 3. The van der Waals surface area contributed by atoms with Crippen LogP contribution in [0.4, 0.5) is 9.59 Å². The largest absolute Gasteiger partial charge is 0.445 e. The molecule has 0 radical (unpaired) electrons. The molecule has 1 aromatic carbocycles. The number of ether oxygens (including phenoxy) is 2. The Morgan fingerprint density at radius 3 is 2.17 bits per heavy atom. The zero-order valence-electron chi connectivity index (χ0n) is 18.0. The van der Waals surface area contributed by atoms with Gasteiger partial charge in [-0.25, -0.2) is 9.59 Å². The van der Waals surface area contributed by atoms with Crippen LogP contribution in [0, 0.1) is 5.92 Å². The molecule has 3 rings (SSSR count). The Morgan fingerprint density at radius 1 is 0.900 bits per heavy atom. The van der Waals surface area contributed by atoms with Crippen LogP contribution >= 0.6 is 0 Å². The van der Waals surface area contributed by atoms with E-state index in [1.54, 1.807) is 14.7 Å². The van der Waals surface area contributed by atoms with Gasteiger partial charge in [-0.1, -0.05) is 30.3 Å². The lowest BCUT2D eigenvalue weighted by atomic mass is 10.1. The van der Waals surface area contributed by atoms with E-state index in [4.69, 9.17) is 9.47 Å². The summed E-state index contributed by atoms with van der Waals surface area (Å²) in [5, 5.41) is 0. The summed E-state index contributed by atoms with van der Waals surface area (Å²) < 4.78 is 10.8. The number of nitrogens with zero attached hydrogens (tertiary/aromatic N) is 3. The van der Waals surface area contributed by atoms with Crippen molar-refractivity contribution in [3.8, 4) is 0 Å². The first kappa shape index (κ1) is 21.9. The Kier molecular flexibility index (Phi) is 6.84. The topological polar surface area (TPSA) is 79.4 Å². The highest BCUT2D eigenvalue weighted by atomic mass is 16.6. The van der Waals surface area contributed by atoms with Crippen molar-refractivity contribution >= 4 is 18.1 Å². The molecule has 8 nitrogen and oxygen atoms in total. The maximum absolute atomic E-state index is 12.9. The second-order valence-electron chi connectivity index (χ2n) is 8.76.